The predicted octanol–water partition coefficient (Wildman–Crippen LogP) is 0.735. The Labute approximate surface area is 95.4 Å². The van der Waals surface area contributed by atoms with E-state index in [1.807, 2.05) is 13.8 Å². The highest BCUT2D eigenvalue weighted by Crippen LogP contribution is 2.16. The first-order valence-corrected chi connectivity index (χ1v) is 5.63. The SMILES string of the molecule is CC(C)OCC(=O)N1CCC[C@H](C(=O)O)C1. The van der Waals surface area contributed by atoms with Crippen molar-refractivity contribution in [3.05, 3.63) is 0 Å². The average molecular weight is 229 g/mol. The average Bonchev–Trinajstić information content (AvgIpc) is 2.26. The number of hydrogen-bond donors (Lipinski definition) is 1. The summed E-state index contributed by atoms with van der Waals surface area (Å²) in [5.41, 5.74) is 0. The lowest BCUT2D eigenvalue weighted by Gasteiger charge is -2.30. The van der Waals surface area contributed by atoms with Gasteiger partial charge in [0.1, 0.15) is 6.61 Å². The molecule has 1 amide bonds. The monoisotopic (exact) mass is 229 g/mol. The molecule has 92 valence electrons. The van der Waals surface area contributed by atoms with Crippen molar-refractivity contribution < 1.29 is 19.4 Å². The quantitative estimate of drug-likeness (QED) is 0.772. The Kier molecular flexibility index (Phi) is 4.73. The maximum atomic E-state index is 11.7. The van der Waals surface area contributed by atoms with E-state index in [0.29, 0.717) is 19.5 Å². The maximum Gasteiger partial charge on any atom is 0.308 e. The summed E-state index contributed by atoms with van der Waals surface area (Å²) in [5.74, 6) is -1.35. The van der Waals surface area contributed by atoms with E-state index in [1.54, 1.807) is 4.90 Å². The number of likely N-dealkylation sites (tertiary alicyclic amines) is 1. The van der Waals surface area contributed by atoms with Crippen LogP contribution < -0.4 is 0 Å². The lowest BCUT2D eigenvalue weighted by Crippen LogP contribution is -2.44. The molecule has 0 unspecified atom stereocenters. The van der Waals surface area contributed by atoms with Crippen LogP contribution in [0.4, 0.5) is 0 Å². The van der Waals surface area contributed by atoms with E-state index in [2.05, 4.69) is 0 Å². The molecule has 1 heterocycles. The normalized spacial score (nSPS) is 21.2. The van der Waals surface area contributed by atoms with Gasteiger partial charge in [-0.1, -0.05) is 0 Å². The zero-order chi connectivity index (χ0) is 12.1. The van der Waals surface area contributed by atoms with E-state index in [1.165, 1.54) is 0 Å². The van der Waals surface area contributed by atoms with Gasteiger partial charge in [0, 0.05) is 13.1 Å². The van der Waals surface area contributed by atoms with Crippen LogP contribution in [-0.2, 0) is 14.3 Å². The van der Waals surface area contributed by atoms with E-state index in [9.17, 15) is 9.59 Å². The second-order valence-corrected chi connectivity index (χ2v) is 4.38. The van der Waals surface area contributed by atoms with Gasteiger partial charge in [-0.3, -0.25) is 9.59 Å². The number of ether oxygens (including phenoxy) is 1. The number of piperidine rings is 1. The molecule has 5 heteroatoms. The molecule has 0 bridgehead atoms. The van der Waals surface area contributed by atoms with Gasteiger partial charge < -0.3 is 14.7 Å². The number of carboxylic acids is 1. The third kappa shape index (κ3) is 3.81. The van der Waals surface area contributed by atoms with Crippen molar-refractivity contribution in [1.82, 2.24) is 4.90 Å². The molecular weight excluding hydrogens is 210 g/mol. The van der Waals surface area contributed by atoms with Gasteiger partial charge in [0.25, 0.3) is 0 Å². The first-order valence-electron chi connectivity index (χ1n) is 5.63. The lowest BCUT2D eigenvalue weighted by atomic mass is 9.98. The summed E-state index contributed by atoms with van der Waals surface area (Å²) >= 11 is 0. The Morgan fingerprint density at radius 2 is 2.19 bits per heavy atom. The van der Waals surface area contributed by atoms with Crippen LogP contribution in [0.25, 0.3) is 0 Å². The fourth-order valence-electron chi connectivity index (χ4n) is 1.73. The Bertz CT molecular complexity index is 265. The van der Waals surface area contributed by atoms with Crippen molar-refractivity contribution in [2.24, 2.45) is 5.92 Å². The fourth-order valence-corrected chi connectivity index (χ4v) is 1.73. The Morgan fingerprint density at radius 3 is 2.75 bits per heavy atom. The standard InChI is InChI=1S/C11H19NO4/c1-8(2)16-7-10(13)12-5-3-4-9(6-12)11(14)15/h8-9H,3-7H2,1-2H3,(H,14,15)/t9-/m0/s1. The highest BCUT2D eigenvalue weighted by molar-refractivity contribution is 5.79. The molecule has 0 saturated carbocycles. The smallest absolute Gasteiger partial charge is 0.308 e. The van der Waals surface area contributed by atoms with Gasteiger partial charge in [0.05, 0.1) is 12.0 Å². The zero-order valence-electron chi connectivity index (χ0n) is 9.81. The van der Waals surface area contributed by atoms with E-state index in [0.717, 1.165) is 6.42 Å². The third-order valence-corrected chi connectivity index (χ3v) is 2.66. The number of nitrogens with zero attached hydrogens (tertiary/aromatic N) is 1. The van der Waals surface area contributed by atoms with Crippen LogP contribution in [0.3, 0.4) is 0 Å². The topological polar surface area (TPSA) is 66.8 Å². The molecule has 1 aliphatic rings. The molecule has 1 atom stereocenters. The van der Waals surface area contributed by atoms with Crippen LogP contribution in [0.5, 0.6) is 0 Å². The second-order valence-electron chi connectivity index (χ2n) is 4.38. The molecule has 1 saturated heterocycles. The van der Waals surface area contributed by atoms with Crippen molar-refractivity contribution in [1.29, 1.82) is 0 Å². The van der Waals surface area contributed by atoms with Gasteiger partial charge in [-0.2, -0.15) is 0 Å². The molecule has 0 aromatic carbocycles. The van der Waals surface area contributed by atoms with E-state index >= 15 is 0 Å². The Morgan fingerprint density at radius 1 is 1.50 bits per heavy atom. The van der Waals surface area contributed by atoms with E-state index < -0.39 is 11.9 Å². The van der Waals surface area contributed by atoms with Crippen LogP contribution in [-0.4, -0.2) is 47.7 Å². The number of aliphatic carboxylic acids is 1. The fraction of sp³-hybridized carbons (Fsp3) is 0.818. The molecule has 0 aromatic rings. The molecule has 16 heavy (non-hydrogen) atoms. The Hall–Kier alpha value is -1.10. The molecule has 0 spiro atoms. The minimum Gasteiger partial charge on any atom is -0.481 e. The maximum absolute atomic E-state index is 11.7. The number of amides is 1. The minimum atomic E-state index is -0.817. The highest BCUT2D eigenvalue weighted by atomic mass is 16.5. The largest absolute Gasteiger partial charge is 0.481 e. The molecule has 0 aliphatic carbocycles. The predicted molar refractivity (Wildman–Crippen MR) is 58.0 cm³/mol. The highest BCUT2D eigenvalue weighted by Gasteiger charge is 2.27. The van der Waals surface area contributed by atoms with Crippen molar-refractivity contribution in [2.75, 3.05) is 19.7 Å². The number of carbonyl (C=O) groups excluding carboxylic acids is 1. The van der Waals surface area contributed by atoms with Crippen molar-refractivity contribution in [3.8, 4) is 0 Å². The molecule has 0 aromatic heterocycles. The summed E-state index contributed by atoms with van der Waals surface area (Å²) in [4.78, 5) is 24.1. The van der Waals surface area contributed by atoms with Gasteiger partial charge in [-0.25, -0.2) is 0 Å². The minimum absolute atomic E-state index is 0.0176. The lowest BCUT2D eigenvalue weighted by molar-refractivity contribution is -0.147. The van der Waals surface area contributed by atoms with Crippen LogP contribution in [0.1, 0.15) is 26.7 Å². The van der Waals surface area contributed by atoms with Gasteiger partial charge in [-0.15, -0.1) is 0 Å². The summed E-state index contributed by atoms with van der Waals surface area (Å²) < 4.78 is 5.21. The molecule has 1 fully saturated rings. The van der Waals surface area contributed by atoms with Gasteiger partial charge in [0.2, 0.25) is 5.91 Å². The number of carbonyl (C=O) groups is 2. The van der Waals surface area contributed by atoms with Gasteiger partial charge in [-0.05, 0) is 26.7 Å². The summed E-state index contributed by atoms with van der Waals surface area (Å²) in [6.07, 6.45) is 1.43. The molecule has 1 aliphatic heterocycles. The molecule has 5 nitrogen and oxygen atoms in total. The van der Waals surface area contributed by atoms with Gasteiger partial charge in [0.15, 0.2) is 0 Å². The van der Waals surface area contributed by atoms with Crippen molar-refractivity contribution in [2.45, 2.75) is 32.8 Å². The Balaban J connectivity index is 2.41. The van der Waals surface area contributed by atoms with Gasteiger partial charge >= 0.3 is 5.97 Å². The first-order chi connectivity index (χ1) is 7.50. The number of carboxylic acid groups (broad SMARTS) is 1. The molecule has 1 rings (SSSR count). The first kappa shape index (κ1) is 13.0. The van der Waals surface area contributed by atoms with E-state index in [4.69, 9.17) is 9.84 Å². The van der Waals surface area contributed by atoms with Crippen LogP contribution >= 0.6 is 0 Å². The zero-order valence-corrected chi connectivity index (χ0v) is 9.81. The number of rotatable bonds is 4. The van der Waals surface area contributed by atoms with Crippen LogP contribution in [0.2, 0.25) is 0 Å². The van der Waals surface area contributed by atoms with Crippen molar-refractivity contribution >= 4 is 11.9 Å². The van der Waals surface area contributed by atoms with Crippen molar-refractivity contribution in [3.63, 3.8) is 0 Å². The van der Waals surface area contributed by atoms with E-state index in [-0.39, 0.29) is 18.6 Å². The summed E-state index contributed by atoms with van der Waals surface area (Å²) in [7, 11) is 0. The van der Waals surface area contributed by atoms with Crippen LogP contribution in [0.15, 0.2) is 0 Å². The number of hydrogen-bond acceptors (Lipinski definition) is 3. The summed E-state index contributed by atoms with van der Waals surface area (Å²) in [5, 5.41) is 8.89. The van der Waals surface area contributed by atoms with Crippen LogP contribution in [0, 0.1) is 5.92 Å². The summed E-state index contributed by atoms with van der Waals surface area (Å²) in [6, 6.07) is 0. The molecule has 0 radical (unpaired) electrons. The summed E-state index contributed by atoms with van der Waals surface area (Å²) in [6.45, 7) is 4.73. The second kappa shape index (κ2) is 5.84. The molecular formula is C11H19NO4. The molecule has 1 N–H and O–H groups in total. The third-order valence-electron chi connectivity index (χ3n) is 2.66.